The molecule has 3 nitrogen and oxygen atoms in total. The predicted octanol–water partition coefficient (Wildman–Crippen LogP) is 3.20. The molecule has 0 spiro atoms. The van der Waals surface area contributed by atoms with E-state index in [0.29, 0.717) is 0 Å². The van der Waals surface area contributed by atoms with Crippen molar-refractivity contribution < 1.29 is 0 Å². The van der Waals surface area contributed by atoms with E-state index in [2.05, 4.69) is 9.88 Å². The van der Waals surface area contributed by atoms with Crippen LogP contribution in [-0.2, 0) is 6.42 Å². The molecule has 0 aromatic carbocycles. The lowest BCUT2D eigenvalue weighted by Gasteiger charge is -2.22. The van der Waals surface area contributed by atoms with Gasteiger partial charge >= 0.3 is 0 Å². The van der Waals surface area contributed by atoms with E-state index in [9.17, 15) is 0 Å². The summed E-state index contributed by atoms with van der Waals surface area (Å²) in [5, 5.41) is 0. The SMILES string of the molecule is c1ncc(N2CCCC2)nc1CC1CCCCC1. The third-order valence-electron chi connectivity index (χ3n) is 4.32. The summed E-state index contributed by atoms with van der Waals surface area (Å²) in [5.41, 5.74) is 1.20. The van der Waals surface area contributed by atoms with Gasteiger partial charge < -0.3 is 4.90 Å². The molecule has 1 aromatic heterocycles. The van der Waals surface area contributed by atoms with Crippen LogP contribution in [0, 0.1) is 5.92 Å². The van der Waals surface area contributed by atoms with E-state index in [1.807, 2.05) is 12.4 Å². The van der Waals surface area contributed by atoms with Gasteiger partial charge in [-0.3, -0.25) is 4.98 Å². The van der Waals surface area contributed by atoms with Gasteiger partial charge in [-0.15, -0.1) is 0 Å². The topological polar surface area (TPSA) is 29.0 Å². The quantitative estimate of drug-likeness (QED) is 0.819. The highest BCUT2D eigenvalue weighted by molar-refractivity contribution is 5.37. The molecule has 0 atom stereocenters. The third-order valence-corrected chi connectivity index (χ3v) is 4.32. The number of aromatic nitrogens is 2. The predicted molar refractivity (Wildman–Crippen MR) is 73.8 cm³/mol. The van der Waals surface area contributed by atoms with Gasteiger partial charge in [0.2, 0.25) is 0 Å². The minimum atomic E-state index is 0.849. The molecule has 0 bridgehead atoms. The Morgan fingerprint density at radius 3 is 2.56 bits per heavy atom. The molecule has 1 aliphatic heterocycles. The van der Waals surface area contributed by atoms with Crippen LogP contribution in [0.2, 0.25) is 0 Å². The fraction of sp³-hybridized carbons (Fsp3) is 0.733. The Morgan fingerprint density at radius 1 is 1.00 bits per heavy atom. The molecule has 18 heavy (non-hydrogen) atoms. The van der Waals surface area contributed by atoms with Crippen molar-refractivity contribution >= 4 is 5.82 Å². The van der Waals surface area contributed by atoms with Gasteiger partial charge in [0.15, 0.2) is 0 Å². The molecule has 2 fully saturated rings. The van der Waals surface area contributed by atoms with E-state index >= 15 is 0 Å². The highest BCUT2D eigenvalue weighted by atomic mass is 15.2. The maximum Gasteiger partial charge on any atom is 0.147 e. The molecule has 0 amide bonds. The molecule has 3 heteroatoms. The van der Waals surface area contributed by atoms with Crippen molar-refractivity contribution in [2.45, 2.75) is 51.4 Å². The smallest absolute Gasteiger partial charge is 0.147 e. The van der Waals surface area contributed by atoms with Crippen LogP contribution in [0.25, 0.3) is 0 Å². The van der Waals surface area contributed by atoms with Crippen LogP contribution in [0.1, 0.15) is 50.6 Å². The van der Waals surface area contributed by atoms with Gasteiger partial charge in [0.1, 0.15) is 5.82 Å². The Morgan fingerprint density at radius 2 is 1.78 bits per heavy atom. The number of hydrogen-bond acceptors (Lipinski definition) is 3. The van der Waals surface area contributed by atoms with E-state index in [-0.39, 0.29) is 0 Å². The summed E-state index contributed by atoms with van der Waals surface area (Å²) in [6, 6.07) is 0. The molecular weight excluding hydrogens is 222 g/mol. The van der Waals surface area contributed by atoms with E-state index in [4.69, 9.17) is 4.98 Å². The van der Waals surface area contributed by atoms with Gasteiger partial charge in [-0.25, -0.2) is 4.98 Å². The lowest BCUT2D eigenvalue weighted by molar-refractivity contribution is 0.354. The fourth-order valence-electron chi connectivity index (χ4n) is 3.28. The average molecular weight is 245 g/mol. The number of rotatable bonds is 3. The maximum atomic E-state index is 4.81. The zero-order chi connectivity index (χ0) is 12.2. The van der Waals surface area contributed by atoms with Crippen molar-refractivity contribution in [1.82, 2.24) is 9.97 Å². The van der Waals surface area contributed by atoms with Crippen LogP contribution < -0.4 is 4.90 Å². The zero-order valence-electron chi connectivity index (χ0n) is 11.1. The first-order chi connectivity index (χ1) is 8.92. The molecule has 98 valence electrons. The van der Waals surface area contributed by atoms with E-state index < -0.39 is 0 Å². The number of anilines is 1. The Balaban J connectivity index is 1.66. The van der Waals surface area contributed by atoms with Crippen molar-refractivity contribution in [2.75, 3.05) is 18.0 Å². The second kappa shape index (κ2) is 5.68. The summed E-state index contributed by atoms with van der Waals surface area (Å²) >= 11 is 0. The van der Waals surface area contributed by atoms with Crippen LogP contribution >= 0.6 is 0 Å². The third kappa shape index (κ3) is 2.82. The van der Waals surface area contributed by atoms with Gasteiger partial charge in [-0.1, -0.05) is 32.1 Å². The lowest BCUT2D eigenvalue weighted by atomic mass is 9.86. The normalized spacial score (nSPS) is 21.4. The molecule has 2 aliphatic rings. The van der Waals surface area contributed by atoms with Crippen LogP contribution in [0.3, 0.4) is 0 Å². The van der Waals surface area contributed by atoms with Gasteiger partial charge in [-0.05, 0) is 25.2 Å². The number of nitrogens with zero attached hydrogens (tertiary/aromatic N) is 3. The summed E-state index contributed by atoms with van der Waals surface area (Å²) in [6.07, 6.45) is 14.6. The van der Waals surface area contributed by atoms with Gasteiger partial charge in [-0.2, -0.15) is 0 Å². The van der Waals surface area contributed by atoms with E-state index in [1.54, 1.807) is 0 Å². The largest absolute Gasteiger partial charge is 0.355 e. The maximum absolute atomic E-state index is 4.81. The van der Waals surface area contributed by atoms with Crippen LogP contribution in [0.5, 0.6) is 0 Å². The van der Waals surface area contributed by atoms with Crippen molar-refractivity contribution in [3.05, 3.63) is 18.1 Å². The molecule has 0 unspecified atom stereocenters. The molecule has 0 N–H and O–H groups in total. The zero-order valence-corrected chi connectivity index (χ0v) is 11.1. The highest BCUT2D eigenvalue weighted by Crippen LogP contribution is 2.26. The van der Waals surface area contributed by atoms with Crippen LogP contribution in [0.4, 0.5) is 5.82 Å². The fourth-order valence-corrected chi connectivity index (χ4v) is 3.28. The van der Waals surface area contributed by atoms with Crippen molar-refractivity contribution in [3.8, 4) is 0 Å². The second-order valence-corrected chi connectivity index (χ2v) is 5.77. The molecule has 3 rings (SSSR count). The van der Waals surface area contributed by atoms with E-state index in [1.165, 1.54) is 50.6 Å². The van der Waals surface area contributed by atoms with Crippen molar-refractivity contribution in [2.24, 2.45) is 5.92 Å². The first kappa shape index (κ1) is 11.9. The second-order valence-electron chi connectivity index (χ2n) is 5.77. The Bertz CT molecular complexity index is 379. The van der Waals surface area contributed by atoms with Crippen molar-refractivity contribution in [3.63, 3.8) is 0 Å². The molecular formula is C15H23N3. The monoisotopic (exact) mass is 245 g/mol. The molecule has 2 heterocycles. The number of hydrogen-bond donors (Lipinski definition) is 0. The van der Waals surface area contributed by atoms with E-state index in [0.717, 1.165) is 31.2 Å². The lowest BCUT2D eigenvalue weighted by Crippen LogP contribution is -2.20. The molecule has 1 aromatic rings. The first-order valence-electron chi connectivity index (χ1n) is 7.48. The molecule has 1 saturated carbocycles. The van der Waals surface area contributed by atoms with Crippen LogP contribution in [0.15, 0.2) is 12.4 Å². The minimum absolute atomic E-state index is 0.849. The minimum Gasteiger partial charge on any atom is -0.355 e. The van der Waals surface area contributed by atoms with Gasteiger partial charge in [0.25, 0.3) is 0 Å². The summed E-state index contributed by atoms with van der Waals surface area (Å²) in [4.78, 5) is 11.6. The summed E-state index contributed by atoms with van der Waals surface area (Å²) in [7, 11) is 0. The van der Waals surface area contributed by atoms with Gasteiger partial charge in [0.05, 0.1) is 11.9 Å². The summed E-state index contributed by atoms with van der Waals surface area (Å²) in [6.45, 7) is 2.31. The Labute approximate surface area is 110 Å². The van der Waals surface area contributed by atoms with Crippen LogP contribution in [-0.4, -0.2) is 23.1 Å². The average Bonchev–Trinajstić information content (AvgIpc) is 2.94. The Hall–Kier alpha value is -1.12. The van der Waals surface area contributed by atoms with Crippen molar-refractivity contribution in [1.29, 1.82) is 0 Å². The molecule has 0 radical (unpaired) electrons. The molecule has 1 saturated heterocycles. The highest BCUT2D eigenvalue weighted by Gasteiger charge is 2.17. The van der Waals surface area contributed by atoms with Gasteiger partial charge in [0, 0.05) is 19.3 Å². The summed E-state index contributed by atoms with van der Waals surface area (Å²) in [5.74, 6) is 1.95. The first-order valence-corrected chi connectivity index (χ1v) is 7.48. The molecule has 1 aliphatic carbocycles. The standard InChI is InChI=1S/C15H23N3/c1-2-6-13(7-3-1)10-14-11-16-12-15(17-14)18-8-4-5-9-18/h11-13H,1-10H2. The Kier molecular flexibility index (Phi) is 3.77. The summed E-state index contributed by atoms with van der Waals surface area (Å²) < 4.78 is 0.